The molecule has 0 aliphatic carbocycles. The van der Waals surface area contributed by atoms with Crippen LogP contribution in [0.25, 0.3) is 0 Å². The van der Waals surface area contributed by atoms with Gasteiger partial charge in [-0.05, 0) is 42.9 Å². The fourth-order valence-corrected chi connectivity index (χ4v) is 2.33. The van der Waals surface area contributed by atoms with Gasteiger partial charge in [0, 0.05) is 25.1 Å². The highest BCUT2D eigenvalue weighted by atomic mass is 32.2. The summed E-state index contributed by atoms with van der Waals surface area (Å²) in [5.41, 5.74) is 1.06. The lowest BCUT2D eigenvalue weighted by Gasteiger charge is -2.07. The van der Waals surface area contributed by atoms with Crippen LogP contribution in [0.1, 0.15) is 5.56 Å². The molecule has 1 N–H and O–H groups in total. The van der Waals surface area contributed by atoms with Crippen LogP contribution in [0.15, 0.2) is 47.5 Å². The first-order valence-electron chi connectivity index (χ1n) is 6.06. The molecule has 0 saturated heterocycles. The summed E-state index contributed by atoms with van der Waals surface area (Å²) in [6.45, 7) is 0.728. The summed E-state index contributed by atoms with van der Waals surface area (Å²) in [6.07, 6.45) is 2.85. The van der Waals surface area contributed by atoms with Gasteiger partial charge >= 0.3 is 0 Å². The average Bonchev–Trinajstić information content (AvgIpc) is 2.39. The summed E-state index contributed by atoms with van der Waals surface area (Å²) < 4.78 is 28.3. The Bertz CT molecular complexity index is 682. The van der Waals surface area contributed by atoms with Crippen molar-refractivity contribution in [3.8, 4) is 11.6 Å². The molecule has 0 unspecified atom stereocenters. The Morgan fingerprint density at radius 2 is 1.90 bits per heavy atom. The zero-order valence-electron chi connectivity index (χ0n) is 11.3. The number of hydrogen-bond acceptors (Lipinski definition) is 5. The minimum Gasteiger partial charge on any atom is -0.439 e. The summed E-state index contributed by atoms with van der Waals surface area (Å²) in [6, 6.07) is 9.99. The van der Waals surface area contributed by atoms with E-state index in [2.05, 4.69) is 10.3 Å². The normalized spacial score (nSPS) is 11.3. The smallest absolute Gasteiger partial charge is 0.219 e. The lowest BCUT2D eigenvalue weighted by atomic mass is 10.2. The predicted octanol–water partition coefficient (Wildman–Crippen LogP) is 2.00. The van der Waals surface area contributed by atoms with Crippen LogP contribution in [0.2, 0.25) is 0 Å². The summed E-state index contributed by atoms with van der Waals surface area (Å²) >= 11 is 0. The van der Waals surface area contributed by atoms with Crippen molar-refractivity contribution in [1.29, 1.82) is 0 Å². The van der Waals surface area contributed by atoms with E-state index in [9.17, 15) is 8.42 Å². The summed E-state index contributed by atoms with van der Waals surface area (Å²) in [5, 5.41) is 3.05. The number of hydrogen-bond donors (Lipinski definition) is 1. The van der Waals surface area contributed by atoms with Gasteiger partial charge in [-0.3, -0.25) is 0 Å². The maximum atomic E-state index is 11.4. The molecule has 0 radical (unpaired) electrons. The molecule has 6 heteroatoms. The molecule has 1 aromatic carbocycles. The van der Waals surface area contributed by atoms with Crippen molar-refractivity contribution in [3.63, 3.8) is 0 Å². The quantitative estimate of drug-likeness (QED) is 0.913. The van der Waals surface area contributed by atoms with E-state index in [4.69, 9.17) is 4.74 Å². The zero-order valence-corrected chi connectivity index (χ0v) is 12.1. The van der Waals surface area contributed by atoms with Gasteiger partial charge in [0.15, 0.2) is 9.84 Å². The van der Waals surface area contributed by atoms with Crippen molar-refractivity contribution in [3.05, 3.63) is 48.2 Å². The maximum Gasteiger partial charge on any atom is 0.219 e. The minimum absolute atomic E-state index is 0.266. The molecular weight excluding hydrogens is 276 g/mol. The van der Waals surface area contributed by atoms with Crippen LogP contribution in [0, 0.1) is 0 Å². The van der Waals surface area contributed by atoms with E-state index in [0.717, 1.165) is 12.1 Å². The molecule has 0 bridgehead atoms. The first kappa shape index (κ1) is 14.5. The van der Waals surface area contributed by atoms with Crippen LogP contribution >= 0.6 is 0 Å². The molecule has 1 heterocycles. The van der Waals surface area contributed by atoms with E-state index in [1.807, 2.05) is 19.2 Å². The van der Waals surface area contributed by atoms with Gasteiger partial charge in [-0.15, -0.1) is 0 Å². The van der Waals surface area contributed by atoms with Crippen molar-refractivity contribution >= 4 is 9.84 Å². The molecule has 0 amide bonds. The number of sulfone groups is 1. The van der Waals surface area contributed by atoms with Crippen molar-refractivity contribution in [2.75, 3.05) is 13.3 Å². The molecule has 106 valence electrons. The van der Waals surface area contributed by atoms with Gasteiger partial charge < -0.3 is 10.1 Å². The second kappa shape index (κ2) is 6.02. The van der Waals surface area contributed by atoms with E-state index in [-0.39, 0.29) is 4.90 Å². The molecule has 0 spiro atoms. The monoisotopic (exact) mass is 292 g/mol. The van der Waals surface area contributed by atoms with Crippen LogP contribution in [-0.2, 0) is 16.4 Å². The molecule has 1 aromatic heterocycles. The molecule has 0 fully saturated rings. The number of rotatable bonds is 5. The fourth-order valence-electron chi connectivity index (χ4n) is 1.70. The molecule has 2 aromatic rings. The van der Waals surface area contributed by atoms with E-state index >= 15 is 0 Å². The van der Waals surface area contributed by atoms with Crippen molar-refractivity contribution < 1.29 is 13.2 Å². The summed E-state index contributed by atoms with van der Waals surface area (Å²) in [4.78, 5) is 4.39. The molecule has 0 atom stereocenters. The number of ether oxygens (including phenoxy) is 1. The summed E-state index contributed by atoms with van der Waals surface area (Å²) in [7, 11) is -1.32. The molecule has 20 heavy (non-hydrogen) atoms. The van der Waals surface area contributed by atoms with Crippen molar-refractivity contribution in [2.24, 2.45) is 0 Å². The van der Waals surface area contributed by atoms with Crippen molar-refractivity contribution in [1.82, 2.24) is 10.3 Å². The highest BCUT2D eigenvalue weighted by Gasteiger charge is 2.07. The van der Waals surface area contributed by atoms with Crippen LogP contribution in [0.5, 0.6) is 11.6 Å². The van der Waals surface area contributed by atoms with Crippen LogP contribution in [0.4, 0.5) is 0 Å². The van der Waals surface area contributed by atoms with E-state index in [1.54, 1.807) is 18.3 Å². The highest BCUT2D eigenvalue weighted by molar-refractivity contribution is 7.90. The van der Waals surface area contributed by atoms with Gasteiger partial charge in [0.1, 0.15) is 5.75 Å². The minimum atomic E-state index is -3.19. The molecule has 0 aliphatic rings. The molecular formula is C14H16N2O3S. The van der Waals surface area contributed by atoms with Gasteiger partial charge in [-0.1, -0.05) is 0 Å². The number of nitrogens with zero attached hydrogens (tertiary/aromatic N) is 1. The Labute approximate surface area is 118 Å². The average molecular weight is 292 g/mol. The Morgan fingerprint density at radius 3 is 2.50 bits per heavy atom. The highest BCUT2D eigenvalue weighted by Crippen LogP contribution is 2.21. The third-order valence-corrected chi connectivity index (χ3v) is 3.78. The Hall–Kier alpha value is -1.92. The SMILES string of the molecule is CNCc1ccnc(Oc2ccc(S(C)(=O)=O)cc2)c1. The van der Waals surface area contributed by atoms with Gasteiger partial charge in [0.2, 0.25) is 5.88 Å². The number of pyridine rings is 1. The first-order chi connectivity index (χ1) is 9.49. The largest absolute Gasteiger partial charge is 0.439 e. The van der Waals surface area contributed by atoms with Gasteiger partial charge in [0.05, 0.1) is 4.90 Å². The molecule has 0 aliphatic heterocycles. The molecule has 2 rings (SSSR count). The third kappa shape index (κ3) is 3.79. The fraction of sp³-hybridized carbons (Fsp3) is 0.214. The number of nitrogens with one attached hydrogen (secondary N) is 1. The maximum absolute atomic E-state index is 11.4. The first-order valence-corrected chi connectivity index (χ1v) is 7.96. The van der Waals surface area contributed by atoms with Gasteiger partial charge in [-0.25, -0.2) is 13.4 Å². The number of aromatic nitrogens is 1. The van der Waals surface area contributed by atoms with Gasteiger partial charge in [-0.2, -0.15) is 0 Å². The number of benzene rings is 1. The van der Waals surface area contributed by atoms with Gasteiger partial charge in [0.25, 0.3) is 0 Å². The van der Waals surface area contributed by atoms with Crippen LogP contribution in [0.3, 0.4) is 0 Å². The zero-order chi connectivity index (χ0) is 14.6. The summed E-state index contributed by atoms with van der Waals surface area (Å²) in [5.74, 6) is 1.02. The van der Waals surface area contributed by atoms with E-state index in [0.29, 0.717) is 11.6 Å². The Balaban J connectivity index is 2.16. The second-order valence-corrected chi connectivity index (χ2v) is 6.39. The van der Waals surface area contributed by atoms with E-state index < -0.39 is 9.84 Å². The topological polar surface area (TPSA) is 68.3 Å². The lowest BCUT2D eigenvalue weighted by molar-refractivity contribution is 0.461. The molecule has 0 saturated carbocycles. The third-order valence-electron chi connectivity index (χ3n) is 2.65. The second-order valence-electron chi connectivity index (χ2n) is 4.38. The van der Waals surface area contributed by atoms with E-state index in [1.165, 1.54) is 18.4 Å². The Morgan fingerprint density at radius 1 is 1.20 bits per heavy atom. The lowest BCUT2D eigenvalue weighted by Crippen LogP contribution is -2.05. The van der Waals surface area contributed by atoms with Crippen LogP contribution in [-0.4, -0.2) is 26.7 Å². The van der Waals surface area contributed by atoms with Crippen molar-refractivity contribution in [2.45, 2.75) is 11.4 Å². The predicted molar refractivity (Wildman–Crippen MR) is 76.6 cm³/mol. The molecule has 5 nitrogen and oxygen atoms in total. The Kier molecular flexibility index (Phi) is 4.36. The standard InChI is InChI=1S/C14H16N2O3S/c1-15-10-11-7-8-16-14(9-11)19-12-3-5-13(6-4-12)20(2,17)18/h3-9,15H,10H2,1-2H3. The van der Waals surface area contributed by atoms with Crippen LogP contribution < -0.4 is 10.1 Å².